The van der Waals surface area contributed by atoms with Crippen LogP contribution in [0, 0.1) is 24.2 Å². The number of hydrogen-bond donors (Lipinski definition) is 1. The van der Waals surface area contributed by atoms with Gasteiger partial charge in [0.1, 0.15) is 11.6 Å². The highest BCUT2D eigenvalue weighted by Crippen LogP contribution is 2.11. The summed E-state index contributed by atoms with van der Waals surface area (Å²) >= 11 is 0. The number of aromatic nitrogens is 2. The molecule has 0 spiro atoms. The Kier molecular flexibility index (Phi) is 4.70. The van der Waals surface area contributed by atoms with Gasteiger partial charge in [0.05, 0.1) is 12.5 Å². The van der Waals surface area contributed by atoms with Gasteiger partial charge in [-0.05, 0) is 12.8 Å². The van der Waals surface area contributed by atoms with E-state index in [0.29, 0.717) is 30.5 Å². The summed E-state index contributed by atoms with van der Waals surface area (Å²) in [5.41, 5.74) is -0.154. The van der Waals surface area contributed by atoms with Crippen LogP contribution >= 0.6 is 0 Å². The molecule has 5 nitrogen and oxygen atoms in total. The minimum Gasteiger partial charge on any atom is -0.355 e. The molecule has 0 aromatic carbocycles. The Bertz CT molecular complexity index is 458. The zero-order chi connectivity index (χ0) is 12.8. The molecule has 0 unspecified atom stereocenters. The van der Waals surface area contributed by atoms with Crippen LogP contribution in [0.1, 0.15) is 26.1 Å². The maximum absolute atomic E-state index is 11.4. The number of H-pyrrole nitrogens is 1. The van der Waals surface area contributed by atoms with Gasteiger partial charge in [-0.3, -0.25) is 4.79 Å². The Morgan fingerprint density at radius 3 is 2.82 bits per heavy atom. The molecule has 17 heavy (non-hydrogen) atoms. The summed E-state index contributed by atoms with van der Waals surface area (Å²) in [6.07, 6.45) is 0.431. The molecule has 0 fully saturated rings. The van der Waals surface area contributed by atoms with Crippen LogP contribution < -0.4 is 10.5 Å². The van der Waals surface area contributed by atoms with E-state index in [1.165, 1.54) is 6.07 Å². The highest BCUT2D eigenvalue weighted by atomic mass is 16.1. The summed E-state index contributed by atoms with van der Waals surface area (Å²) in [5.74, 6) is 1.70. The molecule has 1 aromatic rings. The van der Waals surface area contributed by atoms with Crippen molar-refractivity contribution in [3.8, 4) is 6.07 Å². The van der Waals surface area contributed by atoms with Crippen molar-refractivity contribution < 1.29 is 0 Å². The molecule has 0 saturated carbocycles. The van der Waals surface area contributed by atoms with Crippen molar-refractivity contribution in [2.24, 2.45) is 5.92 Å². The van der Waals surface area contributed by atoms with Crippen LogP contribution in [0.4, 0.5) is 5.82 Å². The number of anilines is 1. The Labute approximate surface area is 101 Å². The fourth-order valence-electron chi connectivity index (χ4n) is 1.65. The van der Waals surface area contributed by atoms with Crippen LogP contribution in [0.2, 0.25) is 0 Å². The lowest BCUT2D eigenvalue weighted by atomic mass is 10.2. The number of nitriles is 1. The fourth-order valence-corrected chi connectivity index (χ4v) is 1.65. The Morgan fingerprint density at radius 2 is 2.29 bits per heavy atom. The molecule has 1 aromatic heterocycles. The van der Waals surface area contributed by atoms with Crippen LogP contribution in [-0.2, 0) is 0 Å². The van der Waals surface area contributed by atoms with Gasteiger partial charge in [0.25, 0.3) is 5.56 Å². The Hall–Kier alpha value is -1.83. The van der Waals surface area contributed by atoms with E-state index in [9.17, 15) is 4.79 Å². The molecule has 5 heteroatoms. The average molecular weight is 234 g/mol. The number of hydrogen-bond acceptors (Lipinski definition) is 4. The molecule has 0 saturated heterocycles. The first-order valence-electron chi connectivity index (χ1n) is 5.72. The van der Waals surface area contributed by atoms with Gasteiger partial charge < -0.3 is 9.88 Å². The van der Waals surface area contributed by atoms with Crippen LogP contribution in [0.5, 0.6) is 0 Å². The summed E-state index contributed by atoms with van der Waals surface area (Å²) in [7, 11) is 0. The van der Waals surface area contributed by atoms with Crippen molar-refractivity contribution in [3.63, 3.8) is 0 Å². The number of aryl methyl sites for hydroxylation is 1. The van der Waals surface area contributed by atoms with Gasteiger partial charge in [0.2, 0.25) is 0 Å². The standard InChI is InChI=1S/C12H18N4O/c1-9(2)8-16(6-4-5-13)11-7-12(17)15-10(3)14-11/h7,9H,4,6,8H2,1-3H3,(H,14,15,17). The maximum Gasteiger partial charge on any atom is 0.252 e. The average Bonchev–Trinajstić information content (AvgIpc) is 2.22. The lowest BCUT2D eigenvalue weighted by molar-refractivity contribution is 0.606. The second-order valence-corrected chi connectivity index (χ2v) is 4.44. The molecule has 1 N–H and O–H groups in total. The summed E-state index contributed by atoms with van der Waals surface area (Å²) < 4.78 is 0. The first kappa shape index (κ1) is 13.2. The normalized spacial score (nSPS) is 10.3. The predicted molar refractivity (Wildman–Crippen MR) is 66.9 cm³/mol. The molecule has 1 heterocycles. The molecular weight excluding hydrogens is 216 g/mol. The third-order valence-corrected chi connectivity index (χ3v) is 2.25. The smallest absolute Gasteiger partial charge is 0.252 e. The van der Waals surface area contributed by atoms with Gasteiger partial charge in [-0.25, -0.2) is 4.98 Å². The molecule has 0 amide bonds. The van der Waals surface area contributed by atoms with Gasteiger partial charge >= 0.3 is 0 Å². The summed E-state index contributed by atoms with van der Waals surface area (Å²) in [6.45, 7) is 7.34. The molecule has 0 aliphatic rings. The zero-order valence-electron chi connectivity index (χ0n) is 10.5. The molecule has 0 aliphatic heterocycles. The number of nitrogens with one attached hydrogen (secondary N) is 1. The quantitative estimate of drug-likeness (QED) is 0.837. The lowest BCUT2D eigenvalue weighted by Crippen LogP contribution is -2.30. The monoisotopic (exact) mass is 234 g/mol. The highest BCUT2D eigenvalue weighted by molar-refractivity contribution is 5.37. The zero-order valence-corrected chi connectivity index (χ0v) is 10.5. The van der Waals surface area contributed by atoms with Crippen molar-refractivity contribution in [2.75, 3.05) is 18.0 Å². The molecule has 1 rings (SSSR count). The number of aromatic amines is 1. The molecular formula is C12H18N4O. The molecule has 92 valence electrons. The molecule has 0 bridgehead atoms. The molecule has 0 radical (unpaired) electrons. The van der Waals surface area contributed by atoms with Gasteiger partial charge in [0.15, 0.2) is 0 Å². The SMILES string of the molecule is Cc1nc(N(CCC#N)CC(C)C)cc(=O)[nH]1. The van der Waals surface area contributed by atoms with E-state index in [0.717, 1.165) is 6.54 Å². The van der Waals surface area contributed by atoms with Crippen molar-refractivity contribution in [1.82, 2.24) is 9.97 Å². The summed E-state index contributed by atoms with van der Waals surface area (Å²) in [5, 5.41) is 8.64. The molecule has 0 atom stereocenters. The largest absolute Gasteiger partial charge is 0.355 e. The second-order valence-electron chi connectivity index (χ2n) is 4.44. The molecule has 0 aliphatic carbocycles. The van der Waals surface area contributed by atoms with E-state index in [1.807, 2.05) is 4.90 Å². The van der Waals surface area contributed by atoms with Crippen molar-refractivity contribution >= 4 is 5.82 Å². The topological polar surface area (TPSA) is 72.8 Å². The third kappa shape index (κ3) is 4.27. The summed E-state index contributed by atoms with van der Waals surface area (Å²) in [4.78, 5) is 20.3. The van der Waals surface area contributed by atoms with Crippen LogP contribution in [0.15, 0.2) is 10.9 Å². The van der Waals surface area contributed by atoms with E-state index < -0.39 is 0 Å². The highest BCUT2D eigenvalue weighted by Gasteiger charge is 2.10. The maximum atomic E-state index is 11.4. The Morgan fingerprint density at radius 1 is 1.59 bits per heavy atom. The van der Waals surface area contributed by atoms with Crippen molar-refractivity contribution in [1.29, 1.82) is 5.26 Å². The van der Waals surface area contributed by atoms with Crippen LogP contribution in [-0.4, -0.2) is 23.1 Å². The van der Waals surface area contributed by atoms with Gasteiger partial charge in [-0.15, -0.1) is 0 Å². The van der Waals surface area contributed by atoms with E-state index in [1.54, 1.807) is 6.92 Å². The minimum absolute atomic E-state index is 0.154. The minimum atomic E-state index is -0.154. The summed E-state index contributed by atoms with van der Waals surface area (Å²) in [6, 6.07) is 3.59. The van der Waals surface area contributed by atoms with E-state index in [4.69, 9.17) is 5.26 Å². The van der Waals surface area contributed by atoms with Crippen LogP contribution in [0.25, 0.3) is 0 Å². The van der Waals surface area contributed by atoms with Crippen molar-refractivity contribution in [2.45, 2.75) is 27.2 Å². The first-order chi connectivity index (χ1) is 8.02. The number of rotatable bonds is 5. The van der Waals surface area contributed by atoms with E-state index in [2.05, 4.69) is 29.9 Å². The van der Waals surface area contributed by atoms with Crippen molar-refractivity contribution in [3.05, 3.63) is 22.2 Å². The third-order valence-electron chi connectivity index (χ3n) is 2.25. The van der Waals surface area contributed by atoms with Gasteiger partial charge in [-0.1, -0.05) is 13.8 Å². The lowest BCUT2D eigenvalue weighted by Gasteiger charge is -2.24. The van der Waals surface area contributed by atoms with Crippen LogP contribution in [0.3, 0.4) is 0 Å². The van der Waals surface area contributed by atoms with Gasteiger partial charge in [0, 0.05) is 19.2 Å². The predicted octanol–water partition coefficient (Wildman–Crippen LogP) is 1.45. The van der Waals surface area contributed by atoms with Gasteiger partial charge in [-0.2, -0.15) is 5.26 Å². The second kappa shape index (κ2) is 6.04. The van der Waals surface area contributed by atoms with E-state index >= 15 is 0 Å². The fraction of sp³-hybridized carbons (Fsp3) is 0.583. The van der Waals surface area contributed by atoms with E-state index in [-0.39, 0.29) is 5.56 Å². The first-order valence-corrected chi connectivity index (χ1v) is 5.72. The Balaban J connectivity index is 2.95. The number of nitrogens with zero attached hydrogens (tertiary/aromatic N) is 3.